The molecule has 43 heavy (non-hydrogen) atoms. The molecule has 2 aliphatic heterocycles. The van der Waals surface area contributed by atoms with Gasteiger partial charge in [-0.2, -0.15) is 0 Å². The Bertz CT molecular complexity index is 1430. The van der Waals surface area contributed by atoms with Crippen molar-refractivity contribution in [3.05, 3.63) is 89.6 Å². The summed E-state index contributed by atoms with van der Waals surface area (Å²) in [5.74, 6) is -0.984. The van der Waals surface area contributed by atoms with Crippen molar-refractivity contribution in [1.29, 1.82) is 0 Å². The van der Waals surface area contributed by atoms with Crippen LogP contribution in [0.1, 0.15) is 25.9 Å². The first-order chi connectivity index (χ1) is 21.1. The van der Waals surface area contributed by atoms with Crippen LogP contribution in [0.25, 0.3) is 22.3 Å². The molecule has 0 aliphatic carbocycles. The lowest BCUT2D eigenvalue weighted by atomic mass is 10.1. The number of nitrogens with one attached hydrogen (secondary N) is 2. The van der Waals surface area contributed by atoms with Gasteiger partial charge in [0.25, 0.3) is 23.6 Å². The lowest BCUT2D eigenvalue weighted by Crippen LogP contribution is -2.39. The van der Waals surface area contributed by atoms with Gasteiger partial charge in [0.15, 0.2) is 0 Å². The molecular formula is C31H28N4O4S4. The van der Waals surface area contributed by atoms with E-state index < -0.39 is 0 Å². The Morgan fingerprint density at radius 1 is 0.465 bits per heavy atom. The minimum Gasteiger partial charge on any atom is -0.315 e. The topological polar surface area (TPSA) is 98.8 Å². The Morgan fingerprint density at radius 2 is 0.767 bits per heavy atom. The third-order valence-electron chi connectivity index (χ3n) is 7.14. The van der Waals surface area contributed by atoms with E-state index in [4.69, 9.17) is 0 Å². The van der Waals surface area contributed by atoms with E-state index in [1.807, 2.05) is 70.1 Å². The van der Waals surface area contributed by atoms with Crippen LogP contribution in [0.3, 0.4) is 0 Å². The van der Waals surface area contributed by atoms with Crippen LogP contribution in [0, 0.1) is 0 Å². The number of amides is 4. The fraction of sp³-hybridized carbons (Fsp3) is 0.226. The number of imide groups is 2. The zero-order chi connectivity index (χ0) is 29.8. The van der Waals surface area contributed by atoms with Crippen LogP contribution in [-0.4, -0.2) is 72.7 Å². The van der Waals surface area contributed by atoms with Crippen molar-refractivity contribution in [2.45, 2.75) is 6.42 Å². The van der Waals surface area contributed by atoms with Gasteiger partial charge in [-0.1, -0.05) is 24.3 Å². The quantitative estimate of drug-likeness (QED) is 0.151. The lowest BCUT2D eigenvalue weighted by Gasteiger charge is -2.16. The molecule has 0 aromatic carbocycles. The first-order valence-corrected chi connectivity index (χ1v) is 17.4. The Hall–Kier alpha value is -3.52. The summed E-state index contributed by atoms with van der Waals surface area (Å²) in [5, 5.41) is 14.3. The highest BCUT2D eigenvalue weighted by atomic mass is 32.1. The maximum absolute atomic E-state index is 13.3. The molecule has 4 aromatic rings. The second-order valence-corrected chi connectivity index (χ2v) is 13.6. The van der Waals surface area contributed by atoms with E-state index in [-0.39, 0.29) is 23.6 Å². The molecule has 0 radical (unpaired) electrons. The fourth-order valence-electron chi connectivity index (χ4n) is 5.13. The standard InChI is InChI=1S/C31H28N4O4S4/c36-28-24(20-6-1-16-40-20)25(21-7-2-17-41-21)29(37)34(28)14-12-32-10-5-11-33-13-15-35-30(38)26(22-8-3-18-42-22)27(31(35)39)23-9-4-19-43-23/h1-4,6-9,16-19,32-33H,5,10-15H2. The minimum atomic E-state index is -0.246. The number of nitrogens with zero attached hydrogens (tertiary/aromatic N) is 2. The summed E-state index contributed by atoms with van der Waals surface area (Å²) in [5.41, 5.74) is 1.95. The number of thiophene rings is 4. The van der Waals surface area contributed by atoms with Gasteiger partial charge in [-0.3, -0.25) is 29.0 Å². The van der Waals surface area contributed by atoms with Crippen LogP contribution < -0.4 is 10.6 Å². The molecule has 0 fully saturated rings. The molecule has 2 N–H and O–H groups in total. The van der Waals surface area contributed by atoms with Crippen molar-refractivity contribution in [1.82, 2.24) is 20.4 Å². The molecule has 0 bridgehead atoms. The molecule has 0 saturated carbocycles. The number of carbonyl (C=O) groups is 4. The molecule has 0 unspecified atom stereocenters. The fourth-order valence-corrected chi connectivity index (χ4v) is 8.20. The van der Waals surface area contributed by atoms with Crippen LogP contribution in [0.2, 0.25) is 0 Å². The van der Waals surface area contributed by atoms with E-state index in [0.29, 0.717) is 61.6 Å². The van der Waals surface area contributed by atoms with Gasteiger partial charge in [0.1, 0.15) is 0 Å². The maximum atomic E-state index is 13.3. The number of rotatable bonds is 14. The van der Waals surface area contributed by atoms with Crippen LogP contribution in [0.15, 0.2) is 70.1 Å². The minimum absolute atomic E-state index is 0.246. The molecule has 0 saturated heterocycles. The highest BCUT2D eigenvalue weighted by Gasteiger charge is 2.41. The van der Waals surface area contributed by atoms with Crippen LogP contribution in [0.4, 0.5) is 0 Å². The van der Waals surface area contributed by atoms with Crippen molar-refractivity contribution < 1.29 is 19.2 Å². The lowest BCUT2D eigenvalue weighted by molar-refractivity contribution is -0.137. The summed E-state index contributed by atoms with van der Waals surface area (Å²) in [6.45, 7) is 2.96. The molecule has 6 rings (SSSR count). The SMILES string of the molecule is O=C1C(c2cccs2)=C(c2cccs2)C(=O)N1CCNCCCNCCN1C(=O)C(c2cccs2)=C(c2cccs2)C1=O. The average Bonchev–Trinajstić information content (AvgIpc) is 3.85. The van der Waals surface area contributed by atoms with Crippen molar-refractivity contribution in [3.8, 4) is 0 Å². The highest BCUT2D eigenvalue weighted by molar-refractivity contribution is 7.14. The summed E-state index contributed by atoms with van der Waals surface area (Å²) in [4.78, 5) is 58.9. The van der Waals surface area contributed by atoms with Gasteiger partial charge < -0.3 is 10.6 Å². The van der Waals surface area contributed by atoms with Crippen LogP contribution in [0.5, 0.6) is 0 Å². The molecule has 4 aromatic heterocycles. The molecular weight excluding hydrogens is 621 g/mol. The molecule has 2 aliphatic rings. The van der Waals surface area contributed by atoms with Crippen molar-refractivity contribution in [3.63, 3.8) is 0 Å². The average molecular weight is 649 g/mol. The summed E-state index contributed by atoms with van der Waals surface area (Å²) in [6.07, 6.45) is 0.808. The van der Waals surface area contributed by atoms with Gasteiger partial charge in [-0.25, -0.2) is 0 Å². The zero-order valence-electron chi connectivity index (χ0n) is 23.0. The number of hydrogen-bond donors (Lipinski definition) is 2. The monoisotopic (exact) mass is 648 g/mol. The number of carbonyl (C=O) groups excluding carboxylic acids is 4. The molecule has 12 heteroatoms. The third kappa shape index (κ3) is 5.99. The van der Waals surface area contributed by atoms with Crippen LogP contribution in [-0.2, 0) is 19.2 Å². The third-order valence-corrected chi connectivity index (χ3v) is 10.7. The Kier molecular flexibility index (Phi) is 9.22. The van der Waals surface area contributed by atoms with Gasteiger partial charge in [0.2, 0.25) is 0 Å². The van der Waals surface area contributed by atoms with E-state index in [1.165, 1.54) is 55.1 Å². The summed E-state index contributed by atoms with van der Waals surface area (Å²) in [6, 6.07) is 15.1. The molecule has 4 amide bonds. The second kappa shape index (κ2) is 13.4. The summed E-state index contributed by atoms with van der Waals surface area (Å²) < 4.78 is 0. The van der Waals surface area contributed by atoms with Gasteiger partial charge in [-0.05, 0) is 65.3 Å². The van der Waals surface area contributed by atoms with E-state index in [1.54, 1.807) is 0 Å². The zero-order valence-corrected chi connectivity index (χ0v) is 26.3. The first-order valence-electron chi connectivity index (χ1n) is 13.8. The Morgan fingerprint density at radius 3 is 1.02 bits per heavy atom. The Labute approximate surface area is 265 Å². The molecule has 220 valence electrons. The van der Waals surface area contributed by atoms with Gasteiger partial charge >= 0.3 is 0 Å². The van der Waals surface area contributed by atoms with E-state index in [9.17, 15) is 19.2 Å². The highest BCUT2D eigenvalue weighted by Crippen LogP contribution is 2.40. The normalized spacial score (nSPS) is 15.7. The predicted molar refractivity (Wildman–Crippen MR) is 175 cm³/mol. The molecule has 0 atom stereocenters. The van der Waals surface area contributed by atoms with Gasteiger partial charge in [-0.15, -0.1) is 45.3 Å². The summed E-state index contributed by atoms with van der Waals surface area (Å²) in [7, 11) is 0. The van der Waals surface area contributed by atoms with Crippen molar-refractivity contribution >= 4 is 91.3 Å². The van der Waals surface area contributed by atoms with Crippen LogP contribution >= 0.6 is 45.3 Å². The maximum Gasteiger partial charge on any atom is 0.263 e. The molecule has 0 spiro atoms. The molecule has 8 nitrogen and oxygen atoms in total. The second-order valence-electron chi connectivity index (χ2n) is 9.79. The number of hydrogen-bond acceptors (Lipinski definition) is 10. The van der Waals surface area contributed by atoms with E-state index >= 15 is 0 Å². The Balaban J connectivity index is 0.939. The van der Waals surface area contributed by atoms with E-state index in [0.717, 1.165) is 25.9 Å². The first kappa shape index (κ1) is 29.5. The van der Waals surface area contributed by atoms with Gasteiger partial charge in [0, 0.05) is 45.7 Å². The summed E-state index contributed by atoms with van der Waals surface area (Å²) >= 11 is 5.84. The largest absolute Gasteiger partial charge is 0.315 e. The smallest absolute Gasteiger partial charge is 0.263 e. The molecule has 6 heterocycles. The predicted octanol–water partition coefficient (Wildman–Crippen LogP) is 4.76. The van der Waals surface area contributed by atoms with Gasteiger partial charge in [0.05, 0.1) is 22.3 Å². The van der Waals surface area contributed by atoms with Crippen molar-refractivity contribution in [2.75, 3.05) is 39.3 Å². The van der Waals surface area contributed by atoms with Crippen molar-refractivity contribution in [2.24, 2.45) is 0 Å². The van der Waals surface area contributed by atoms with E-state index in [2.05, 4.69) is 10.6 Å².